The first-order valence-corrected chi connectivity index (χ1v) is 8.89. The lowest BCUT2D eigenvalue weighted by Crippen LogP contribution is -2.31. The number of halogens is 1. The van der Waals surface area contributed by atoms with Gasteiger partial charge in [0.15, 0.2) is 0 Å². The highest BCUT2D eigenvalue weighted by Crippen LogP contribution is 1.99. The van der Waals surface area contributed by atoms with E-state index < -0.39 is 18.9 Å². The Labute approximate surface area is 79.8 Å². The molecule has 0 saturated heterocycles. The normalized spacial score (nSPS) is 16.1. The van der Waals surface area contributed by atoms with Crippen LogP contribution in [-0.2, 0) is 0 Å². The van der Waals surface area contributed by atoms with Gasteiger partial charge >= 0.3 is 0 Å². The van der Waals surface area contributed by atoms with Gasteiger partial charge in [-0.2, -0.15) is 18.9 Å². The Bertz CT molecular complexity index is 555. The summed E-state index contributed by atoms with van der Waals surface area (Å²) in [6, 6.07) is 0. The summed E-state index contributed by atoms with van der Waals surface area (Å²) in [6.07, 6.45) is 4.04. The summed E-state index contributed by atoms with van der Waals surface area (Å²) in [5, 5.41) is 0.831. The van der Waals surface area contributed by atoms with Gasteiger partial charge in [-0.25, -0.2) is 0 Å². The van der Waals surface area contributed by atoms with Gasteiger partial charge in [-0.1, -0.05) is 11.5 Å². The molecule has 2 nitrogen and oxygen atoms in total. The third-order valence-electron chi connectivity index (χ3n) is 1.61. The third-order valence-corrected chi connectivity index (χ3v) is 5.46. The maximum absolute atomic E-state index is 11.2. The van der Waals surface area contributed by atoms with Crippen molar-refractivity contribution in [3.8, 4) is 0 Å². The summed E-state index contributed by atoms with van der Waals surface area (Å²) < 4.78 is 8.22. The second-order valence-corrected chi connectivity index (χ2v) is 7.96. The number of H-pyrrole nitrogens is 1. The van der Waals surface area contributed by atoms with Gasteiger partial charge < -0.3 is 0 Å². The summed E-state index contributed by atoms with van der Waals surface area (Å²) >= 11 is 0.438. The molecule has 0 bridgehead atoms. The van der Waals surface area contributed by atoms with Crippen molar-refractivity contribution in [3.63, 3.8) is 0 Å². The molecule has 0 fully saturated rings. The summed E-state index contributed by atoms with van der Waals surface area (Å²) in [5.41, 5.74) is 0.0436. The van der Waals surface area contributed by atoms with Crippen molar-refractivity contribution in [2.45, 2.75) is 0 Å². The first-order valence-electron chi connectivity index (χ1n) is 3.42. The first kappa shape index (κ1) is 8.25. The Morgan fingerprint density at radius 2 is 2.17 bits per heavy atom. The molecule has 0 aromatic carbocycles. The molecule has 0 radical (unpaired) electrons. The number of aromatic amines is 1. The van der Waals surface area contributed by atoms with Crippen molar-refractivity contribution < 1.29 is 0 Å². The molecule has 64 valence electrons. The average Bonchev–Trinajstić information content (AvgIpc) is 2.28. The van der Waals surface area contributed by atoms with E-state index in [-0.39, 0.29) is 5.56 Å². The molecule has 0 aliphatic carbocycles. The summed E-state index contributed by atoms with van der Waals surface area (Å²) in [5.74, 6) is 0. The minimum atomic E-state index is -0.979. The Morgan fingerprint density at radius 3 is 3.00 bits per heavy atom. The van der Waals surface area contributed by atoms with Crippen molar-refractivity contribution in [1.82, 2.24) is 4.37 Å². The molecule has 0 amide bonds. The van der Waals surface area contributed by atoms with Crippen molar-refractivity contribution in [2.75, 3.05) is 4.93 Å². The van der Waals surface area contributed by atoms with Crippen molar-refractivity contribution in [3.05, 3.63) is 20.1 Å². The molecule has 1 aromatic rings. The van der Waals surface area contributed by atoms with Crippen LogP contribution in [0.3, 0.4) is 0 Å². The van der Waals surface area contributed by atoms with Crippen LogP contribution in [0.4, 0.5) is 0 Å². The molecule has 0 spiro atoms. The average molecular weight is 293 g/mol. The summed E-state index contributed by atoms with van der Waals surface area (Å²) in [7, 11) is 0. The minimum absolute atomic E-state index is 0.0436. The molecule has 1 aliphatic rings. The number of hydrogen-bond acceptors (Lipinski definition) is 2. The molecule has 2 heterocycles. The van der Waals surface area contributed by atoms with Gasteiger partial charge in [0.25, 0.3) is 5.56 Å². The van der Waals surface area contributed by atoms with Crippen molar-refractivity contribution in [1.29, 1.82) is 0 Å². The monoisotopic (exact) mass is 293 g/mol. The Hall–Kier alpha value is -0.360. The molecule has 1 aliphatic heterocycles. The summed E-state index contributed by atoms with van der Waals surface area (Å²) in [4.78, 5) is 13.5. The van der Waals surface area contributed by atoms with Crippen LogP contribution >= 0.6 is 30.4 Å². The van der Waals surface area contributed by atoms with E-state index in [0.29, 0.717) is 0 Å². The van der Waals surface area contributed by atoms with Crippen molar-refractivity contribution in [2.24, 2.45) is 0 Å². The SMILES string of the molecule is CI1=CC=c2s[nH]c(=O)c2=CC=1. The van der Waals surface area contributed by atoms with E-state index in [2.05, 4.69) is 23.4 Å². The zero-order chi connectivity index (χ0) is 8.55. The van der Waals surface area contributed by atoms with E-state index in [1.807, 2.05) is 6.08 Å². The number of fused-ring (bicyclic) bond motifs is 1. The van der Waals surface area contributed by atoms with Gasteiger partial charge in [-0.05, 0) is 25.1 Å². The predicted molar refractivity (Wildman–Crippen MR) is 65.2 cm³/mol. The van der Waals surface area contributed by atoms with Gasteiger partial charge in [-0.15, -0.1) is 0 Å². The largest absolute Gasteiger partial charge is 0.277 e. The van der Waals surface area contributed by atoms with Gasteiger partial charge in [0.1, 0.15) is 0 Å². The molecule has 0 atom stereocenters. The highest BCUT2D eigenvalue weighted by atomic mass is 127. The van der Waals surface area contributed by atoms with Crippen LogP contribution < -0.4 is 15.3 Å². The number of hydrogen-bond donors (Lipinski definition) is 1. The van der Waals surface area contributed by atoms with Gasteiger partial charge in [0.2, 0.25) is 0 Å². The molecular formula is C8H8INOS. The van der Waals surface area contributed by atoms with Crippen LogP contribution in [0.1, 0.15) is 0 Å². The minimum Gasteiger partial charge on any atom is -0.277 e. The Kier molecular flexibility index (Phi) is 2.18. The molecule has 0 unspecified atom stereocenters. The fraction of sp³-hybridized carbons (Fsp3) is 0.125. The molecule has 1 N–H and O–H groups in total. The molecular weight excluding hydrogens is 285 g/mol. The van der Waals surface area contributed by atoms with Crippen LogP contribution in [0.2, 0.25) is 0 Å². The Balaban J connectivity index is 2.97. The molecule has 12 heavy (non-hydrogen) atoms. The van der Waals surface area contributed by atoms with E-state index in [1.54, 1.807) is 0 Å². The zero-order valence-corrected chi connectivity index (χ0v) is 9.48. The highest BCUT2D eigenvalue weighted by Gasteiger charge is 1.93. The van der Waals surface area contributed by atoms with Crippen LogP contribution in [0.15, 0.2) is 4.79 Å². The lowest BCUT2D eigenvalue weighted by molar-refractivity contribution is 1.38. The van der Waals surface area contributed by atoms with Crippen molar-refractivity contribution >= 4 is 50.6 Å². The Morgan fingerprint density at radius 1 is 1.42 bits per heavy atom. The van der Waals surface area contributed by atoms with Crippen LogP contribution in [-0.4, -0.2) is 17.3 Å². The number of aromatic nitrogens is 1. The third kappa shape index (κ3) is 1.40. The zero-order valence-electron chi connectivity index (χ0n) is 6.50. The van der Waals surface area contributed by atoms with Crippen LogP contribution in [0.25, 0.3) is 12.2 Å². The first-order chi connectivity index (χ1) is 5.77. The smallest absolute Gasteiger partial charge is 0.265 e. The topological polar surface area (TPSA) is 32.9 Å². The van der Waals surface area contributed by atoms with Crippen LogP contribution in [0, 0.1) is 0 Å². The van der Waals surface area contributed by atoms with E-state index in [4.69, 9.17) is 0 Å². The molecule has 0 saturated carbocycles. The molecule has 1 aromatic heterocycles. The lowest BCUT2D eigenvalue weighted by Gasteiger charge is -1.74. The fourth-order valence-corrected chi connectivity index (χ4v) is 4.02. The van der Waals surface area contributed by atoms with Crippen LogP contribution in [0.5, 0.6) is 0 Å². The second kappa shape index (κ2) is 3.18. The number of alkyl halides is 1. The van der Waals surface area contributed by atoms with Gasteiger partial charge in [0, 0.05) is 0 Å². The predicted octanol–water partition coefficient (Wildman–Crippen LogP) is -0.248. The maximum Gasteiger partial charge on any atom is 0.265 e. The van der Waals surface area contributed by atoms with E-state index in [0.717, 1.165) is 9.75 Å². The van der Waals surface area contributed by atoms with E-state index in [1.165, 1.54) is 11.5 Å². The second-order valence-electron chi connectivity index (χ2n) is 2.46. The molecule has 4 heteroatoms. The number of rotatable bonds is 0. The quantitative estimate of drug-likeness (QED) is 0.519. The lowest BCUT2D eigenvalue weighted by atomic mass is 10.4. The maximum atomic E-state index is 11.2. The number of nitrogens with one attached hydrogen (secondary N) is 1. The van der Waals surface area contributed by atoms with Gasteiger partial charge in [0.05, 0.1) is 9.75 Å². The molecule has 2 rings (SSSR count). The van der Waals surface area contributed by atoms with Gasteiger partial charge in [-0.3, -0.25) is 9.17 Å². The fourth-order valence-electron chi connectivity index (χ4n) is 0.966. The standard InChI is InChI=1S/C8H8INOS/c1-9-4-2-6-7(3-5-9)12-10-8(6)11/h2-5H,1H3,(H,10,11). The highest BCUT2D eigenvalue weighted by molar-refractivity contribution is 14.2. The van der Waals surface area contributed by atoms with E-state index >= 15 is 0 Å². The summed E-state index contributed by atoms with van der Waals surface area (Å²) in [6.45, 7) is 0. The van der Waals surface area contributed by atoms with E-state index in [9.17, 15) is 4.79 Å².